The van der Waals surface area contributed by atoms with Gasteiger partial charge in [-0.3, -0.25) is 4.99 Å². The van der Waals surface area contributed by atoms with Crippen molar-refractivity contribution in [2.24, 2.45) is 4.99 Å². The zero-order chi connectivity index (χ0) is 14.8. The van der Waals surface area contributed by atoms with Crippen molar-refractivity contribution in [3.63, 3.8) is 0 Å². The van der Waals surface area contributed by atoms with Crippen LogP contribution in [0.2, 0.25) is 0 Å². The van der Waals surface area contributed by atoms with Crippen molar-refractivity contribution in [1.82, 2.24) is 10.6 Å². The molecule has 4 heteroatoms. The maximum atomic E-state index is 5.82. The smallest absolute Gasteiger partial charge is 0.191 e. The lowest BCUT2D eigenvalue weighted by Gasteiger charge is -2.16. The summed E-state index contributed by atoms with van der Waals surface area (Å²) in [7, 11) is 1.78. The van der Waals surface area contributed by atoms with Crippen molar-refractivity contribution in [3.8, 4) is 0 Å². The van der Waals surface area contributed by atoms with Gasteiger partial charge in [0.1, 0.15) is 0 Å². The molecule has 0 saturated heterocycles. The topological polar surface area (TPSA) is 45.7 Å². The standard InChI is InChI=1S/C16H27N3O/c1-13(2)19-16(17-4)18-11-8-12-20-14(3)15-9-6-5-7-10-15/h5-7,9-10,13-14H,8,11-12H2,1-4H3,(H2,17,18,19). The molecule has 20 heavy (non-hydrogen) atoms. The monoisotopic (exact) mass is 277 g/mol. The molecule has 1 unspecified atom stereocenters. The number of nitrogens with zero attached hydrogens (tertiary/aromatic N) is 1. The number of guanidine groups is 1. The third-order valence-corrected chi connectivity index (χ3v) is 2.90. The Labute approximate surface area is 122 Å². The molecule has 4 nitrogen and oxygen atoms in total. The molecule has 0 aliphatic heterocycles. The van der Waals surface area contributed by atoms with E-state index in [2.05, 4.69) is 48.5 Å². The fourth-order valence-electron chi connectivity index (χ4n) is 1.83. The van der Waals surface area contributed by atoms with E-state index in [-0.39, 0.29) is 6.10 Å². The van der Waals surface area contributed by atoms with Crippen LogP contribution >= 0.6 is 0 Å². The van der Waals surface area contributed by atoms with Crippen molar-refractivity contribution in [2.45, 2.75) is 39.3 Å². The Bertz CT molecular complexity index is 390. The van der Waals surface area contributed by atoms with Crippen molar-refractivity contribution >= 4 is 5.96 Å². The molecule has 2 N–H and O–H groups in total. The molecule has 0 radical (unpaired) electrons. The summed E-state index contributed by atoms with van der Waals surface area (Å²) in [5, 5.41) is 6.53. The highest BCUT2D eigenvalue weighted by atomic mass is 16.5. The minimum absolute atomic E-state index is 0.143. The molecule has 0 aliphatic carbocycles. The number of aliphatic imine (C=N–C) groups is 1. The zero-order valence-electron chi connectivity index (χ0n) is 13.0. The van der Waals surface area contributed by atoms with Crippen LogP contribution in [0, 0.1) is 0 Å². The average Bonchev–Trinajstić information content (AvgIpc) is 2.46. The van der Waals surface area contributed by atoms with Crippen LogP contribution in [0.15, 0.2) is 35.3 Å². The van der Waals surface area contributed by atoms with Crippen LogP contribution in [-0.4, -0.2) is 32.2 Å². The number of hydrogen-bond acceptors (Lipinski definition) is 2. The van der Waals surface area contributed by atoms with E-state index in [1.165, 1.54) is 5.56 Å². The third kappa shape index (κ3) is 6.57. The Morgan fingerprint density at radius 2 is 1.90 bits per heavy atom. The third-order valence-electron chi connectivity index (χ3n) is 2.90. The van der Waals surface area contributed by atoms with E-state index in [4.69, 9.17) is 4.74 Å². The molecule has 0 amide bonds. The Balaban J connectivity index is 2.16. The first-order valence-electron chi connectivity index (χ1n) is 7.27. The van der Waals surface area contributed by atoms with Gasteiger partial charge in [0.2, 0.25) is 0 Å². The first-order chi connectivity index (χ1) is 9.63. The first kappa shape index (κ1) is 16.5. The van der Waals surface area contributed by atoms with Gasteiger partial charge in [-0.15, -0.1) is 0 Å². The van der Waals surface area contributed by atoms with Crippen LogP contribution < -0.4 is 10.6 Å². The van der Waals surface area contributed by atoms with Gasteiger partial charge in [0.05, 0.1) is 6.10 Å². The van der Waals surface area contributed by atoms with Crippen LogP contribution in [0.5, 0.6) is 0 Å². The number of hydrogen-bond donors (Lipinski definition) is 2. The van der Waals surface area contributed by atoms with Gasteiger partial charge in [-0.1, -0.05) is 30.3 Å². The summed E-state index contributed by atoms with van der Waals surface area (Å²) in [4.78, 5) is 4.16. The zero-order valence-corrected chi connectivity index (χ0v) is 13.0. The molecule has 0 saturated carbocycles. The van der Waals surface area contributed by atoms with E-state index < -0.39 is 0 Å². The van der Waals surface area contributed by atoms with Gasteiger partial charge >= 0.3 is 0 Å². The van der Waals surface area contributed by atoms with Gasteiger partial charge in [-0.25, -0.2) is 0 Å². The lowest BCUT2D eigenvalue weighted by Crippen LogP contribution is -2.41. The molecule has 0 heterocycles. The summed E-state index contributed by atoms with van der Waals surface area (Å²) in [6, 6.07) is 10.7. The summed E-state index contributed by atoms with van der Waals surface area (Å²) in [6.07, 6.45) is 1.10. The van der Waals surface area contributed by atoms with Crippen molar-refractivity contribution in [2.75, 3.05) is 20.2 Å². The summed E-state index contributed by atoms with van der Waals surface area (Å²) < 4.78 is 5.82. The number of nitrogens with one attached hydrogen (secondary N) is 2. The maximum absolute atomic E-state index is 5.82. The minimum atomic E-state index is 0.143. The van der Waals surface area contributed by atoms with Gasteiger partial charge in [-0.05, 0) is 32.8 Å². The molecule has 0 aliphatic rings. The molecule has 0 bridgehead atoms. The highest BCUT2D eigenvalue weighted by Gasteiger charge is 2.04. The molecule has 1 rings (SSSR count). The fourth-order valence-corrected chi connectivity index (χ4v) is 1.83. The highest BCUT2D eigenvalue weighted by Crippen LogP contribution is 2.15. The Hall–Kier alpha value is -1.55. The van der Waals surface area contributed by atoms with Crippen molar-refractivity contribution in [3.05, 3.63) is 35.9 Å². The number of benzene rings is 1. The highest BCUT2D eigenvalue weighted by molar-refractivity contribution is 5.79. The Morgan fingerprint density at radius 1 is 1.20 bits per heavy atom. The first-order valence-corrected chi connectivity index (χ1v) is 7.27. The molecule has 0 fully saturated rings. The molecule has 0 spiro atoms. The van der Waals surface area contributed by atoms with Crippen LogP contribution in [0.1, 0.15) is 38.9 Å². The molecular formula is C16H27N3O. The quantitative estimate of drug-likeness (QED) is 0.457. The fraction of sp³-hybridized carbons (Fsp3) is 0.562. The number of ether oxygens (including phenoxy) is 1. The van der Waals surface area contributed by atoms with Crippen LogP contribution in [0.25, 0.3) is 0 Å². The average molecular weight is 277 g/mol. The second-order valence-corrected chi connectivity index (χ2v) is 5.08. The molecule has 1 aromatic carbocycles. The van der Waals surface area contributed by atoms with E-state index in [0.29, 0.717) is 6.04 Å². The minimum Gasteiger partial charge on any atom is -0.374 e. The number of rotatable bonds is 7. The van der Waals surface area contributed by atoms with E-state index in [9.17, 15) is 0 Å². The summed E-state index contributed by atoms with van der Waals surface area (Å²) in [5.74, 6) is 0.844. The van der Waals surface area contributed by atoms with E-state index in [1.807, 2.05) is 18.2 Å². The van der Waals surface area contributed by atoms with Crippen molar-refractivity contribution in [1.29, 1.82) is 0 Å². The SMILES string of the molecule is CN=C(NCCCOC(C)c1ccccc1)NC(C)C. The van der Waals surface area contributed by atoms with E-state index >= 15 is 0 Å². The molecule has 1 aromatic rings. The molecule has 1 atom stereocenters. The summed E-state index contributed by atoms with van der Waals surface area (Å²) in [6.45, 7) is 7.87. The second kappa shape index (κ2) is 9.37. The maximum Gasteiger partial charge on any atom is 0.191 e. The van der Waals surface area contributed by atoms with E-state index in [1.54, 1.807) is 7.05 Å². The molecule has 112 valence electrons. The van der Waals surface area contributed by atoms with Crippen LogP contribution in [-0.2, 0) is 4.74 Å². The lowest BCUT2D eigenvalue weighted by molar-refractivity contribution is 0.0646. The van der Waals surface area contributed by atoms with Gasteiger partial charge in [-0.2, -0.15) is 0 Å². The predicted octanol–water partition coefficient (Wildman–Crippen LogP) is 2.73. The van der Waals surface area contributed by atoms with Crippen LogP contribution in [0.3, 0.4) is 0 Å². The lowest BCUT2D eigenvalue weighted by atomic mass is 10.1. The predicted molar refractivity (Wildman–Crippen MR) is 85.1 cm³/mol. The van der Waals surface area contributed by atoms with E-state index in [0.717, 1.165) is 25.5 Å². The second-order valence-electron chi connectivity index (χ2n) is 5.08. The Kier molecular flexibility index (Phi) is 7.73. The Morgan fingerprint density at radius 3 is 2.50 bits per heavy atom. The van der Waals surface area contributed by atoms with Gasteiger partial charge in [0.15, 0.2) is 5.96 Å². The summed E-state index contributed by atoms with van der Waals surface area (Å²) >= 11 is 0. The normalized spacial score (nSPS) is 13.3. The summed E-state index contributed by atoms with van der Waals surface area (Å²) in [5.41, 5.74) is 1.22. The molecule has 0 aromatic heterocycles. The largest absolute Gasteiger partial charge is 0.374 e. The van der Waals surface area contributed by atoms with Crippen molar-refractivity contribution < 1.29 is 4.74 Å². The molecular weight excluding hydrogens is 250 g/mol. The van der Waals surface area contributed by atoms with Gasteiger partial charge in [0, 0.05) is 26.2 Å². The van der Waals surface area contributed by atoms with Gasteiger partial charge in [0.25, 0.3) is 0 Å². The van der Waals surface area contributed by atoms with Gasteiger partial charge < -0.3 is 15.4 Å². The van der Waals surface area contributed by atoms with Crippen LogP contribution in [0.4, 0.5) is 0 Å².